The fourth-order valence-electron chi connectivity index (χ4n) is 1.89. The molecule has 16 heavy (non-hydrogen) atoms. The van der Waals surface area contributed by atoms with Crippen LogP contribution in [-0.2, 0) is 4.79 Å². The summed E-state index contributed by atoms with van der Waals surface area (Å²) in [5, 5.41) is 3.30. The lowest BCUT2D eigenvalue weighted by atomic mass is 9.80. The Morgan fingerprint density at radius 3 is 2.56 bits per heavy atom. The van der Waals surface area contributed by atoms with Crippen molar-refractivity contribution in [2.24, 2.45) is 11.3 Å². The van der Waals surface area contributed by atoms with Crippen LogP contribution in [0.1, 0.15) is 40.5 Å². The predicted molar refractivity (Wildman–Crippen MR) is 67.3 cm³/mol. The highest BCUT2D eigenvalue weighted by Crippen LogP contribution is 2.28. The van der Waals surface area contributed by atoms with E-state index >= 15 is 0 Å². The first kappa shape index (κ1) is 13.5. The van der Waals surface area contributed by atoms with E-state index in [0.29, 0.717) is 18.4 Å². The van der Waals surface area contributed by atoms with Crippen LogP contribution in [0.3, 0.4) is 0 Å². The van der Waals surface area contributed by atoms with Crippen LogP contribution < -0.4 is 5.32 Å². The molecule has 1 fully saturated rings. The lowest BCUT2D eigenvalue weighted by molar-refractivity contribution is -0.133. The Hall–Kier alpha value is -0.570. The minimum atomic E-state index is 0.213. The summed E-state index contributed by atoms with van der Waals surface area (Å²) in [5.74, 6) is 0.716. The van der Waals surface area contributed by atoms with Crippen molar-refractivity contribution < 1.29 is 4.79 Å². The molecule has 0 radical (unpaired) electrons. The average molecular weight is 226 g/mol. The summed E-state index contributed by atoms with van der Waals surface area (Å²) in [6, 6.07) is 0.402. The van der Waals surface area contributed by atoms with E-state index < -0.39 is 0 Å². The van der Waals surface area contributed by atoms with Gasteiger partial charge in [-0.15, -0.1) is 0 Å². The van der Waals surface area contributed by atoms with Gasteiger partial charge in [0.1, 0.15) is 0 Å². The SMILES string of the molecule is CC(CC(=O)N(C)C1CCNC1)C(C)(C)C. The molecule has 2 atom stereocenters. The number of likely N-dealkylation sites (N-methyl/N-ethyl adjacent to an activating group) is 1. The quantitative estimate of drug-likeness (QED) is 0.797. The van der Waals surface area contributed by atoms with E-state index in [2.05, 4.69) is 33.0 Å². The molecule has 0 aliphatic carbocycles. The van der Waals surface area contributed by atoms with E-state index in [4.69, 9.17) is 0 Å². The lowest BCUT2D eigenvalue weighted by Gasteiger charge is -2.30. The second kappa shape index (κ2) is 5.17. The molecule has 0 bridgehead atoms. The van der Waals surface area contributed by atoms with Crippen molar-refractivity contribution in [3.8, 4) is 0 Å². The third-order valence-corrected chi connectivity index (χ3v) is 3.93. The molecule has 0 aromatic carbocycles. The first-order valence-corrected chi connectivity index (χ1v) is 6.28. The van der Waals surface area contributed by atoms with Crippen molar-refractivity contribution in [2.45, 2.75) is 46.6 Å². The average Bonchev–Trinajstić information content (AvgIpc) is 2.67. The van der Waals surface area contributed by atoms with Crippen LogP contribution in [0, 0.1) is 11.3 Å². The Labute approximate surface area is 99.6 Å². The van der Waals surface area contributed by atoms with Crippen molar-refractivity contribution in [3.05, 3.63) is 0 Å². The second-order valence-electron chi connectivity index (χ2n) is 6.12. The van der Waals surface area contributed by atoms with Crippen LogP contribution in [0.2, 0.25) is 0 Å². The molecule has 0 aromatic heterocycles. The summed E-state index contributed by atoms with van der Waals surface area (Å²) < 4.78 is 0. The van der Waals surface area contributed by atoms with Gasteiger partial charge in [0.2, 0.25) is 5.91 Å². The first-order valence-electron chi connectivity index (χ1n) is 6.28. The number of hydrogen-bond donors (Lipinski definition) is 1. The summed E-state index contributed by atoms with van der Waals surface area (Å²) in [7, 11) is 1.94. The highest BCUT2D eigenvalue weighted by Gasteiger charge is 2.27. The molecule has 0 spiro atoms. The highest BCUT2D eigenvalue weighted by atomic mass is 16.2. The van der Waals surface area contributed by atoms with Crippen LogP contribution >= 0.6 is 0 Å². The molecular formula is C13H26N2O. The lowest BCUT2D eigenvalue weighted by Crippen LogP contribution is -2.39. The van der Waals surface area contributed by atoms with Crippen LogP contribution in [-0.4, -0.2) is 37.0 Å². The summed E-state index contributed by atoms with van der Waals surface area (Å²) in [4.78, 5) is 14.0. The molecule has 94 valence electrons. The smallest absolute Gasteiger partial charge is 0.222 e. The molecule has 2 unspecified atom stereocenters. The molecule has 1 heterocycles. The Balaban J connectivity index is 2.45. The standard InChI is InChI=1S/C13H26N2O/c1-10(13(2,3)4)8-12(16)15(5)11-6-7-14-9-11/h10-11,14H,6-9H2,1-5H3. The molecule has 1 saturated heterocycles. The molecule has 3 heteroatoms. The molecule has 0 aromatic rings. The third kappa shape index (κ3) is 3.48. The summed E-state index contributed by atoms with van der Waals surface area (Å²) in [6.45, 7) is 10.7. The van der Waals surface area contributed by atoms with Gasteiger partial charge in [-0.3, -0.25) is 4.79 Å². The third-order valence-electron chi connectivity index (χ3n) is 3.93. The van der Waals surface area contributed by atoms with Gasteiger partial charge in [0.05, 0.1) is 0 Å². The first-order chi connectivity index (χ1) is 7.32. The van der Waals surface area contributed by atoms with Crippen molar-refractivity contribution in [1.82, 2.24) is 10.2 Å². The Kier molecular flexibility index (Phi) is 4.36. The fraction of sp³-hybridized carbons (Fsp3) is 0.923. The van der Waals surface area contributed by atoms with Gasteiger partial charge in [-0.1, -0.05) is 27.7 Å². The monoisotopic (exact) mass is 226 g/mol. The van der Waals surface area contributed by atoms with Gasteiger partial charge in [0, 0.05) is 26.1 Å². The van der Waals surface area contributed by atoms with Gasteiger partial charge >= 0.3 is 0 Å². The topological polar surface area (TPSA) is 32.3 Å². The maximum Gasteiger partial charge on any atom is 0.222 e. The van der Waals surface area contributed by atoms with Crippen LogP contribution in [0.25, 0.3) is 0 Å². The van der Waals surface area contributed by atoms with Gasteiger partial charge in [0.25, 0.3) is 0 Å². The molecule has 3 nitrogen and oxygen atoms in total. The second-order valence-corrected chi connectivity index (χ2v) is 6.12. The molecule has 1 aliphatic rings. The highest BCUT2D eigenvalue weighted by molar-refractivity contribution is 5.76. The maximum atomic E-state index is 12.1. The summed E-state index contributed by atoms with van der Waals surface area (Å²) in [5.41, 5.74) is 0.213. The van der Waals surface area contributed by atoms with Crippen molar-refractivity contribution in [1.29, 1.82) is 0 Å². The minimum absolute atomic E-state index is 0.213. The van der Waals surface area contributed by atoms with Crippen molar-refractivity contribution in [2.75, 3.05) is 20.1 Å². The number of hydrogen-bond acceptors (Lipinski definition) is 2. The summed E-state index contributed by atoms with van der Waals surface area (Å²) >= 11 is 0. The number of rotatable bonds is 3. The number of amides is 1. The molecule has 1 aliphatic heterocycles. The Bertz CT molecular complexity index is 239. The van der Waals surface area contributed by atoms with Crippen LogP contribution in [0.15, 0.2) is 0 Å². The maximum absolute atomic E-state index is 12.1. The van der Waals surface area contributed by atoms with Gasteiger partial charge in [-0.25, -0.2) is 0 Å². The zero-order valence-electron chi connectivity index (χ0n) is 11.3. The van der Waals surface area contributed by atoms with Crippen molar-refractivity contribution in [3.63, 3.8) is 0 Å². The van der Waals surface area contributed by atoms with E-state index in [1.54, 1.807) is 0 Å². The fourth-order valence-corrected chi connectivity index (χ4v) is 1.89. The Morgan fingerprint density at radius 2 is 2.12 bits per heavy atom. The van der Waals surface area contributed by atoms with Crippen LogP contribution in [0.4, 0.5) is 0 Å². The van der Waals surface area contributed by atoms with Crippen molar-refractivity contribution >= 4 is 5.91 Å². The van der Waals surface area contributed by atoms with E-state index in [-0.39, 0.29) is 11.3 Å². The van der Waals surface area contributed by atoms with Gasteiger partial charge in [-0.05, 0) is 24.3 Å². The zero-order chi connectivity index (χ0) is 12.3. The van der Waals surface area contributed by atoms with E-state index in [1.807, 2.05) is 11.9 Å². The minimum Gasteiger partial charge on any atom is -0.341 e. The van der Waals surface area contributed by atoms with Crippen LogP contribution in [0.5, 0.6) is 0 Å². The van der Waals surface area contributed by atoms with E-state index in [9.17, 15) is 4.79 Å². The molecule has 1 rings (SSSR count). The normalized spacial score (nSPS) is 23.2. The molecule has 0 saturated carbocycles. The predicted octanol–water partition coefficient (Wildman–Crippen LogP) is 1.88. The molecule has 1 N–H and O–H groups in total. The van der Waals surface area contributed by atoms with E-state index in [0.717, 1.165) is 19.5 Å². The number of carbonyl (C=O) groups excluding carboxylic acids is 1. The number of nitrogens with zero attached hydrogens (tertiary/aromatic N) is 1. The molecule has 1 amide bonds. The Morgan fingerprint density at radius 1 is 1.50 bits per heavy atom. The molecular weight excluding hydrogens is 200 g/mol. The van der Waals surface area contributed by atoms with Gasteiger partial charge < -0.3 is 10.2 Å². The number of carbonyl (C=O) groups is 1. The van der Waals surface area contributed by atoms with Gasteiger partial charge in [-0.2, -0.15) is 0 Å². The zero-order valence-corrected chi connectivity index (χ0v) is 11.3. The summed E-state index contributed by atoms with van der Waals surface area (Å²) in [6.07, 6.45) is 1.75. The largest absolute Gasteiger partial charge is 0.341 e. The number of nitrogens with one attached hydrogen (secondary N) is 1. The van der Waals surface area contributed by atoms with E-state index in [1.165, 1.54) is 0 Å². The van der Waals surface area contributed by atoms with Gasteiger partial charge in [0.15, 0.2) is 0 Å².